The highest BCUT2D eigenvalue weighted by Gasteiger charge is 2.71. The Kier molecular flexibility index (Phi) is 5.47. The predicted molar refractivity (Wildman–Crippen MR) is 135 cm³/mol. The quantitative estimate of drug-likeness (QED) is 0.487. The number of alkyl halides is 2. The topological polar surface area (TPSA) is 88.3 Å². The average Bonchev–Trinajstić information content (AvgIpc) is 3.42. The molecule has 2 N–H and O–H groups in total. The first-order chi connectivity index (χ1) is 17.7. The summed E-state index contributed by atoms with van der Waals surface area (Å²) < 4.78 is 36.4. The Bertz CT molecular complexity index is 1370. The fraction of sp³-hybridized carbons (Fsp3) is 0.560. The van der Waals surface area contributed by atoms with E-state index in [1.54, 1.807) is 23.1 Å². The number of benzene rings is 1. The monoisotopic (exact) mass is 550 g/mol. The zero-order valence-electron chi connectivity index (χ0n) is 19.9. The Morgan fingerprint density at radius 3 is 2.68 bits per heavy atom. The molecule has 0 amide bonds. The highest BCUT2D eigenvalue weighted by Crippen LogP contribution is 2.68. The molecule has 8 rings (SSSR count). The summed E-state index contributed by atoms with van der Waals surface area (Å²) in [6.07, 6.45) is 3.44. The van der Waals surface area contributed by atoms with E-state index < -0.39 is 17.9 Å². The highest BCUT2D eigenvalue weighted by atomic mass is 35.5. The van der Waals surface area contributed by atoms with Crippen molar-refractivity contribution in [3.8, 4) is 0 Å². The van der Waals surface area contributed by atoms with Gasteiger partial charge >= 0.3 is 0 Å². The standard InChI is InChI=1S/C25H26Cl2F2N6O2/c26-16-3-13-5-30-23(33-19-6-31-35(22(19)27)25-10-24(29,11-25)12-25)32-18(13)4-15(16)14-1-2-34(7-17(14)28)20-8-37-9-21(20)36/h3-6,14,17,20-21,36H,1-2,7-12H2,(H,30,32,33). The van der Waals surface area contributed by atoms with Crippen LogP contribution in [-0.4, -0.2) is 80.0 Å². The lowest BCUT2D eigenvalue weighted by molar-refractivity contribution is -0.203. The smallest absolute Gasteiger partial charge is 0.227 e. The number of halogens is 4. The van der Waals surface area contributed by atoms with E-state index in [-0.39, 0.29) is 24.0 Å². The van der Waals surface area contributed by atoms with E-state index in [2.05, 4.69) is 20.4 Å². The van der Waals surface area contributed by atoms with E-state index in [9.17, 15) is 9.50 Å². The molecular formula is C25H26Cl2F2N6O2. The summed E-state index contributed by atoms with van der Waals surface area (Å²) in [6.45, 7) is 1.57. The van der Waals surface area contributed by atoms with Gasteiger partial charge < -0.3 is 15.2 Å². The molecule has 3 aliphatic carbocycles. The van der Waals surface area contributed by atoms with Crippen LogP contribution in [0.2, 0.25) is 10.2 Å². The zero-order chi connectivity index (χ0) is 25.5. The van der Waals surface area contributed by atoms with Gasteiger partial charge in [-0.05, 0) is 30.7 Å². The number of nitrogens with one attached hydrogen (secondary N) is 1. The first kappa shape index (κ1) is 24.0. The highest BCUT2D eigenvalue weighted by molar-refractivity contribution is 6.32. The Hall–Kier alpha value is -2.11. The Morgan fingerprint density at radius 2 is 1.97 bits per heavy atom. The fourth-order valence-electron chi connectivity index (χ4n) is 6.58. The van der Waals surface area contributed by atoms with Crippen LogP contribution < -0.4 is 5.32 Å². The molecule has 5 aliphatic rings. The SMILES string of the molecule is OC1COCC1N1CCC(c2cc3nc(Nc4cnn(C56CC(F)(C5)C6)c4Cl)ncc3cc2Cl)C(F)C1. The van der Waals surface area contributed by atoms with Gasteiger partial charge in [0.15, 0.2) is 5.15 Å². The molecule has 3 saturated carbocycles. The number of hydrogen-bond donors (Lipinski definition) is 2. The normalized spacial score (nSPS) is 35.4. The van der Waals surface area contributed by atoms with Crippen molar-refractivity contribution < 1.29 is 18.6 Å². The first-order valence-corrected chi connectivity index (χ1v) is 13.3. The third kappa shape index (κ3) is 3.83. The molecular weight excluding hydrogens is 525 g/mol. The van der Waals surface area contributed by atoms with E-state index in [4.69, 9.17) is 27.9 Å². The Balaban J connectivity index is 1.11. The largest absolute Gasteiger partial charge is 0.389 e. The van der Waals surface area contributed by atoms with Gasteiger partial charge in [0.2, 0.25) is 5.95 Å². The Morgan fingerprint density at radius 1 is 1.16 bits per heavy atom. The van der Waals surface area contributed by atoms with Crippen LogP contribution in [0, 0.1) is 0 Å². The summed E-state index contributed by atoms with van der Waals surface area (Å²) in [6, 6.07) is 3.43. The number of anilines is 2. The lowest BCUT2D eigenvalue weighted by atomic mass is 9.47. The van der Waals surface area contributed by atoms with Gasteiger partial charge in [-0.3, -0.25) is 4.90 Å². The molecule has 0 spiro atoms. The Labute approximate surface area is 221 Å². The molecule has 4 heterocycles. The van der Waals surface area contributed by atoms with Gasteiger partial charge in [-0.1, -0.05) is 23.2 Å². The van der Waals surface area contributed by atoms with Gasteiger partial charge in [0, 0.05) is 48.3 Å². The maximum absolute atomic E-state index is 15.4. The summed E-state index contributed by atoms with van der Waals surface area (Å²) in [5.41, 5.74) is 0.521. The van der Waals surface area contributed by atoms with Gasteiger partial charge in [-0.2, -0.15) is 5.10 Å². The molecule has 2 saturated heterocycles. The van der Waals surface area contributed by atoms with Crippen molar-refractivity contribution >= 4 is 45.7 Å². The van der Waals surface area contributed by atoms with Crippen LogP contribution in [0.1, 0.15) is 37.2 Å². The summed E-state index contributed by atoms with van der Waals surface area (Å²) in [5.74, 6) is -0.0536. The molecule has 2 bridgehead atoms. The van der Waals surface area contributed by atoms with Crippen LogP contribution in [0.25, 0.3) is 10.9 Å². The summed E-state index contributed by atoms with van der Waals surface area (Å²) in [7, 11) is 0. The van der Waals surface area contributed by atoms with Crippen LogP contribution in [0.4, 0.5) is 20.4 Å². The van der Waals surface area contributed by atoms with Crippen LogP contribution >= 0.6 is 23.2 Å². The summed E-state index contributed by atoms with van der Waals surface area (Å²) >= 11 is 13.2. The lowest BCUT2D eigenvalue weighted by Gasteiger charge is -2.65. The van der Waals surface area contributed by atoms with Gasteiger partial charge in [0.25, 0.3) is 0 Å². The van der Waals surface area contributed by atoms with Gasteiger partial charge in [-0.15, -0.1) is 0 Å². The van der Waals surface area contributed by atoms with E-state index >= 15 is 4.39 Å². The molecule has 37 heavy (non-hydrogen) atoms. The van der Waals surface area contributed by atoms with Crippen molar-refractivity contribution in [3.05, 3.63) is 40.3 Å². The number of aliphatic hydroxyl groups excluding tert-OH is 1. The van der Waals surface area contributed by atoms with Gasteiger partial charge in [0.1, 0.15) is 11.8 Å². The van der Waals surface area contributed by atoms with Crippen molar-refractivity contribution in [1.29, 1.82) is 0 Å². The van der Waals surface area contributed by atoms with Crippen molar-refractivity contribution in [2.24, 2.45) is 0 Å². The first-order valence-electron chi connectivity index (χ1n) is 12.5. The van der Waals surface area contributed by atoms with Gasteiger partial charge in [-0.25, -0.2) is 23.4 Å². The lowest BCUT2D eigenvalue weighted by Crippen LogP contribution is -2.70. The minimum absolute atomic E-state index is 0.170. The third-order valence-electron chi connectivity index (χ3n) is 8.50. The number of rotatable bonds is 5. The van der Waals surface area contributed by atoms with Gasteiger partial charge in [0.05, 0.1) is 48.3 Å². The van der Waals surface area contributed by atoms with E-state index in [0.29, 0.717) is 78.3 Å². The molecule has 196 valence electrons. The van der Waals surface area contributed by atoms with Crippen LogP contribution in [0.15, 0.2) is 24.5 Å². The van der Waals surface area contributed by atoms with Crippen LogP contribution in [0.5, 0.6) is 0 Å². The average molecular weight is 551 g/mol. The molecule has 12 heteroatoms. The number of aromatic nitrogens is 4. The molecule has 4 atom stereocenters. The van der Waals surface area contributed by atoms with Crippen LogP contribution in [0.3, 0.4) is 0 Å². The number of hydrogen-bond acceptors (Lipinski definition) is 7. The van der Waals surface area contributed by atoms with Crippen molar-refractivity contribution in [2.45, 2.75) is 61.1 Å². The molecule has 8 nitrogen and oxygen atoms in total. The molecule has 0 radical (unpaired) electrons. The van der Waals surface area contributed by atoms with Crippen molar-refractivity contribution in [2.75, 3.05) is 31.6 Å². The number of nitrogens with zero attached hydrogens (tertiary/aromatic N) is 5. The minimum Gasteiger partial charge on any atom is -0.389 e. The number of piperidine rings is 1. The summed E-state index contributed by atoms with van der Waals surface area (Å²) in [4.78, 5) is 11.0. The van der Waals surface area contributed by atoms with E-state index in [1.807, 2.05) is 11.0 Å². The van der Waals surface area contributed by atoms with Crippen LogP contribution in [-0.2, 0) is 10.3 Å². The van der Waals surface area contributed by atoms with E-state index in [0.717, 1.165) is 5.39 Å². The minimum atomic E-state index is -1.14. The van der Waals surface area contributed by atoms with Crippen molar-refractivity contribution in [3.63, 3.8) is 0 Å². The fourth-order valence-corrected chi connectivity index (χ4v) is 7.21. The maximum Gasteiger partial charge on any atom is 0.227 e. The maximum atomic E-state index is 15.4. The third-order valence-corrected chi connectivity index (χ3v) is 9.20. The summed E-state index contributed by atoms with van der Waals surface area (Å²) in [5, 5.41) is 19.2. The molecule has 3 aromatic rings. The molecule has 1 aromatic carbocycles. The number of ether oxygens (including phenoxy) is 1. The molecule has 2 aliphatic heterocycles. The zero-order valence-corrected chi connectivity index (χ0v) is 21.4. The molecule has 4 unspecified atom stereocenters. The molecule has 2 aromatic heterocycles. The predicted octanol–water partition coefficient (Wildman–Crippen LogP) is 4.36. The number of aliphatic hydroxyl groups is 1. The van der Waals surface area contributed by atoms with Crippen molar-refractivity contribution in [1.82, 2.24) is 24.6 Å². The second-order valence-corrected chi connectivity index (χ2v) is 11.8. The van der Waals surface area contributed by atoms with E-state index in [1.165, 1.54) is 0 Å². The second kappa shape index (κ2) is 8.44. The number of fused-ring (bicyclic) bond motifs is 1. The molecule has 5 fully saturated rings. The second-order valence-electron chi connectivity index (χ2n) is 11.0. The number of likely N-dealkylation sites (tertiary alicyclic amines) is 1.